The van der Waals surface area contributed by atoms with Crippen LogP contribution in [0.2, 0.25) is 0 Å². The number of nitrogens with zero attached hydrogens (tertiary/aromatic N) is 1. The highest BCUT2D eigenvalue weighted by Gasteiger charge is 2.38. The van der Waals surface area contributed by atoms with Gasteiger partial charge < -0.3 is 5.32 Å². The zero-order valence-electron chi connectivity index (χ0n) is 13.2. The normalized spacial score (nSPS) is 24.2. The van der Waals surface area contributed by atoms with Crippen LogP contribution in [0.1, 0.15) is 35.1 Å². The molecule has 0 unspecified atom stereocenters. The molecule has 4 nitrogen and oxygen atoms in total. The van der Waals surface area contributed by atoms with Crippen LogP contribution >= 0.6 is 22.6 Å². The maximum atomic E-state index is 11.1. The van der Waals surface area contributed by atoms with E-state index in [4.69, 9.17) is 0 Å². The average Bonchev–Trinajstić information content (AvgIpc) is 3.04. The third-order valence-electron chi connectivity index (χ3n) is 5.07. The molecule has 5 heteroatoms. The summed E-state index contributed by atoms with van der Waals surface area (Å²) in [5.41, 5.74) is 4.90. The number of nitro benzene ring substituents is 1. The molecule has 2 aromatic carbocycles. The second kappa shape index (κ2) is 5.88. The molecule has 2 aromatic rings. The Bertz CT molecular complexity index is 862. The van der Waals surface area contributed by atoms with E-state index in [1.54, 1.807) is 18.2 Å². The molecule has 0 aromatic heterocycles. The summed E-state index contributed by atoms with van der Waals surface area (Å²) in [6.45, 7) is 2.12. The molecular weight excluding hydrogens is 415 g/mol. The van der Waals surface area contributed by atoms with Crippen molar-refractivity contribution in [2.45, 2.75) is 25.3 Å². The van der Waals surface area contributed by atoms with Crippen LogP contribution in [-0.2, 0) is 0 Å². The van der Waals surface area contributed by atoms with E-state index in [9.17, 15) is 10.1 Å². The van der Waals surface area contributed by atoms with E-state index in [0.717, 1.165) is 12.0 Å². The molecule has 0 spiro atoms. The van der Waals surface area contributed by atoms with Gasteiger partial charge in [-0.2, -0.15) is 0 Å². The fourth-order valence-electron chi connectivity index (χ4n) is 4.00. The molecule has 0 bridgehead atoms. The molecule has 0 saturated heterocycles. The molecule has 0 fully saturated rings. The van der Waals surface area contributed by atoms with Crippen molar-refractivity contribution in [2.24, 2.45) is 5.92 Å². The summed E-state index contributed by atoms with van der Waals surface area (Å²) < 4.78 is 1.25. The Kier molecular flexibility index (Phi) is 3.83. The van der Waals surface area contributed by atoms with E-state index >= 15 is 0 Å². The Morgan fingerprint density at radius 2 is 2.12 bits per heavy atom. The number of non-ortho nitro benzene ring substituents is 1. The summed E-state index contributed by atoms with van der Waals surface area (Å²) in [5, 5.41) is 14.8. The SMILES string of the molecule is Cc1cc(I)cc2c1N[C@@H](c1cccc([N+](=O)[O-])c1)[C@H]1CC=C[C@H]21. The summed E-state index contributed by atoms with van der Waals surface area (Å²) in [4.78, 5) is 10.8. The van der Waals surface area contributed by atoms with Crippen molar-refractivity contribution in [1.82, 2.24) is 0 Å². The van der Waals surface area contributed by atoms with Crippen molar-refractivity contribution >= 4 is 34.0 Å². The zero-order valence-corrected chi connectivity index (χ0v) is 15.4. The van der Waals surface area contributed by atoms with Crippen molar-refractivity contribution < 1.29 is 4.92 Å². The predicted molar refractivity (Wildman–Crippen MR) is 103 cm³/mol. The van der Waals surface area contributed by atoms with E-state index in [-0.39, 0.29) is 16.7 Å². The lowest BCUT2D eigenvalue weighted by Gasteiger charge is -2.38. The Hall–Kier alpha value is -1.89. The van der Waals surface area contributed by atoms with Crippen molar-refractivity contribution in [3.8, 4) is 0 Å². The number of rotatable bonds is 2. The lowest BCUT2D eigenvalue weighted by Crippen LogP contribution is -2.29. The quantitative estimate of drug-likeness (QED) is 0.302. The van der Waals surface area contributed by atoms with Gasteiger partial charge in [-0.1, -0.05) is 24.3 Å². The van der Waals surface area contributed by atoms with Gasteiger partial charge >= 0.3 is 0 Å². The highest BCUT2D eigenvalue weighted by molar-refractivity contribution is 14.1. The van der Waals surface area contributed by atoms with Gasteiger partial charge in [0.15, 0.2) is 0 Å². The lowest BCUT2D eigenvalue weighted by molar-refractivity contribution is -0.384. The van der Waals surface area contributed by atoms with Gasteiger partial charge in [0.25, 0.3) is 5.69 Å². The average molecular weight is 432 g/mol. The topological polar surface area (TPSA) is 55.2 Å². The van der Waals surface area contributed by atoms with Gasteiger partial charge in [-0.3, -0.25) is 10.1 Å². The first-order valence-electron chi connectivity index (χ1n) is 8.02. The number of hydrogen-bond acceptors (Lipinski definition) is 3. The molecule has 1 N–H and O–H groups in total. The van der Waals surface area contributed by atoms with Crippen LogP contribution < -0.4 is 5.32 Å². The number of anilines is 1. The number of nitro groups is 1. The van der Waals surface area contributed by atoms with Crippen LogP contribution in [0.3, 0.4) is 0 Å². The van der Waals surface area contributed by atoms with E-state index < -0.39 is 0 Å². The number of aryl methyl sites for hydroxylation is 1. The molecule has 2 aliphatic rings. The standard InChI is InChI=1S/C19H17IN2O2/c1-11-8-13(20)10-17-15-6-3-7-16(15)19(21-18(11)17)12-4-2-5-14(9-12)22(23)24/h2-6,8-10,15-16,19,21H,7H2,1H3/t15-,16-,19-/m0/s1. The maximum absolute atomic E-state index is 11.1. The summed E-state index contributed by atoms with van der Waals surface area (Å²) in [6.07, 6.45) is 5.53. The largest absolute Gasteiger partial charge is 0.377 e. The number of hydrogen-bond donors (Lipinski definition) is 1. The van der Waals surface area contributed by atoms with E-state index in [2.05, 4.69) is 59.1 Å². The molecule has 4 rings (SSSR count). The molecule has 1 aliphatic heterocycles. The first kappa shape index (κ1) is 15.6. The zero-order chi connectivity index (χ0) is 16.8. The first-order chi connectivity index (χ1) is 11.5. The minimum absolute atomic E-state index is 0.0937. The summed E-state index contributed by atoms with van der Waals surface area (Å²) in [7, 11) is 0. The van der Waals surface area contributed by atoms with Gasteiger partial charge in [0.05, 0.1) is 11.0 Å². The van der Waals surface area contributed by atoms with E-state index in [1.165, 1.54) is 20.4 Å². The predicted octanol–water partition coefficient (Wildman–Crippen LogP) is 5.33. The Balaban J connectivity index is 1.81. The van der Waals surface area contributed by atoms with Crippen molar-refractivity contribution in [2.75, 3.05) is 5.32 Å². The highest BCUT2D eigenvalue weighted by Crippen LogP contribution is 2.51. The van der Waals surface area contributed by atoms with E-state index in [1.807, 2.05) is 6.07 Å². The number of benzene rings is 2. The summed E-state index contributed by atoms with van der Waals surface area (Å²) in [5.74, 6) is 0.774. The Morgan fingerprint density at radius 1 is 1.29 bits per heavy atom. The molecule has 3 atom stereocenters. The van der Waals surface area contributed by atoms with Gasteiger partial charge in [0, 0.05) is 27.3 Å². The van der Waals surface area contributed by atoms with Crippen LogP contribution in [0.15, 0.2) is 48.6 Å². The minimum atomic E-state index is -0.321. The molecular formula is C19H17IN2O2. The number of allylic oxidation sites excluding steroid dienone is 2. The molecule has 0 saturated carbocycles. The molecule has 0 amide bonds. The molecule has 0 radical (unpaired) electrons. The fraction of sp³-hybridized carbons (Fsp3) is 0.263. The number of fused-ring (bicyclic) bond motifs is 3. The second-order valence-corrected chi connectivity index (χ2v) is 7.76. The van der Waals surface area contributed by atoms with Crippen molar-refractivity contribution in [3.05, 3.63) is 78.9 Å². The summed E-state index contributed by atoms with van der Waals surface area (Å²) >= 11 is 2.37. The highest BCUT2D eigenvalue weighted by atomic mass is 127. The molecule has 1 aliphatic carbocycles. The minimum Gasteiger partial charge on any atom is -0.377 e. The first-order valence-corrected chi connectivity index (χ1v) is 9.10. The van der Waals surface area contributed by atoms with Gasteiger partial charge in [-0.05, 0) is 70.7 Å². The number of nitrogens with one attached hydrogen (secondary N) is 1. The van der Waals surface area contributed by atoms with Crippen LogP contribution in [0.25, 0.3) is 0 Å². The van der Waals surface area contributed by atoms with Crippen LogP contribution in [0, 0.1) is 26.5 Å². The fourth-order valence-corrected chi connectivity index (χ4v) is 4.81. The van der Waals surface area contributed by atoms with Crippen LogP contribution in [0.4, 0.5) is 11.4 Å². The maximum Gasteiger partial charge on any atom is 0.269 e. The van der Waals surface area contributed by atoms with Crippen molar-refractivity contribution in [1.29, 1.82) is 0 Å². The van der Waals surface area contributed by atoms with Crippen LogP contribution in [0.5, 0.6) is 0 Å². The van der Waals surface area contributed by atoms with E-state index in [0.29, 0.717) is 11.8 Å². The molecule has 24 heavy (non-hydrogen) atoms. The third kappa shape index (κ3) is 2.51. The molecule has 1 heterocycles. The van der Waals surface area contributed by atoms with Gasteiger partial charge in [-0.25, -0.2) is 0 Å². The van der Waals surface area contributed by atoms with Crippen molar-refractivity contribution in [3.63, 3.8) is 0 Å². The number of halogens is 1. The molecule has 122 valence electrons. The summed E-state index contributed by atoms with van der Waals surface area (Å²) in [6, 6.07) is 11.6. The third-order valence-corrected chi connectivity index (χ3v) is 5.69. The smallest absolute Gasteiger partial charge is 0.269 e. The monoisotopic (exact) mass is 432 g/mol. The Morgan fingerprint density at radius 3 is 2.92 bits per heavy atom. The van der Waals surface area contributed by atoms with Gasteiger partial charge in [0.2, 0.25) is 0 Å². The van der Waals surface area contributed by atoms with Gasteiger partial charge in [-0.15, -0.1) is 0 Å². The second-order valence-electron chi connectivity index (χ2n) is 6.51. The van der Waals surface area contributed by atoms with Gasteiger partial charge in [0.1, 0.15) is 0 Å². The Labute approximate surface area is 154 Å². The van der Waals surface area contributed by atoms with Crippen LogP contribution in [-0.4, -0.2) is 4.92 Å². The lowest BCUT2D eigenvalue weighted by atomic mass is 9.76.